The van der Waals surface area contributed by atoms with E-state index in [1.165, 1.54) is 6.07 Å². The van der Waals surface area contributed by atoms with Crippen LogP contribution in [-0.4, -0.2) is 25.3 Å². The molecule has 0 bridgehead atoms. The van der Waals surface area contributed by atoms with E-state index in [0.717, 1.165) is 11.3 Å². The Labute approximate surface area is 139 Å². The molecule has 0 saturated carbocycles. The number of rotatable bonds is 3. The van der Waals surface area contributed by atoms with Gasteiger partial charge in [0.05, 0.1) is 24.7 Å². The molecular formula is C18H15ClFN3. The van der Waals surface area contributed by atoms with Crippen LogP contribution in [0.3, 0.4) is 0 Å². The van der Waals surface area contributed by atoms with Crippen LogP contribution in [0, 0.1) is 17.1 Å². The normalized spacial score (nSPS) is 13.8. The van der Waals surface area contributed by atoms with E-state index < -0.39 is 0 Å². The van der Waals surface area contributed by atoms with Crippen molar-refractivity contribution in [2.45, 2.75) is 6.42 Å². The van der Waals surface area contributed by atoms with E-state index in [0.29, 0.717) is 42.4 Å². The number of hydrogen-bond acceptors (Lipinski definition) is 3. The Hall–Kier alpha value is -2.38. The molecule has 0 saturated heterocycles. The smallest absolute Gasteiger partial charge is 0.132 e. The van der Waals surface area contributed by atoms with Crippen LogP contribution in [0.15, 0.2) is 47.5 Å². The molecular weight excluding hydrogens is 313 g/mol. The predicted octanol–water partition coefficient (Wildman–Crippen LogP) is 4.05. The van der Waals surface area contributed by atoms with Gasteiger partial charge in [-0.05, 0) is 30.3 Å². The minimum Gasteiger partial charge on any atom is -0.368 e. The zero-order valence-electron chi connectivity index (χ0n) is 12.5. The molecule has 0 atom stereocenters. The number of aliphatic imine (C=N–C) groups is 1. The van der Waals surface area contributed by atoms with Gasteiger partial charge in [-0.2, -0.15) is 5.26 Å². The van der Waals surface area contributed by atoms with Gasteiger partial charge in [0.2, 0.25) is 0 Å². The maximum absolute atomic E-state index is 14.2. The number of anilines is 1. The molecule has 0 unspecified atom stereocenters. The standard InChI is InChI=1S/C18H15ClFN3/c19-13-6-7-17-15(12-13)18(14-4-1-2-5-16(14)20)22-9-11-23(17)10-3-8-21/h1-2,4-7,12H,3,9-11H2. The molecule has 0 aromatic heterocycles. The zero-order valence-corrected chi connectivity index (χ0v) is 13.2. The number of fused-ring (bicyclic) bond motifs is 1. The Balaban J connectivity index is 2.12. The second-order valence-corrected chi connectivity index (χ2v) is 5.70. The third-order valence-electron chi connectivity index (χ3n) is 3.82. The first kappa shape index (κ1) is 15.5. The van der Waals surface area contributed by atoms with Gasteiger partial charge in [0.1, 0.15) is 5.82 Å². The summed E-state index contributed by atoms with van der Waals surface area (Å²) in [5.41, 5.74) is 2.82. The lowest BCUT2D eigenvalue weighted by atomic mass is 9.99. The minimum atomic E-state index is -0.303. The third kappa shape index (κ3) is 3.20. The fraction of sp³-hybridized carbons (Fsp3) is 0.222. The summed E-state index contributed by atoms with van der Waals surface area (Å²) in [5.74, 6) is -0.303. The number of nitrogens with zero attached hydrogens (tertiary/aromatic N) is 3. The SMILES string of the molecule is N#CCCN1CCN=C(c2ccccc2F)c2cc(Cl)ccc21. The summed E-state index contributed by atoms with van der Waals surface area (Å²) < 4.78 is 14.2. The molecule has 2 aromatic rings. The monoisotopic (exact) mass is 327 g/mol. The van der Waals surface area contributed by atoms with Crippen LogP contribution in [0.25, 0.3) is 0 Å². The molecule has 0 radical (unpaired) electrons. The first-order valence-electron chi connectivity index (χ1n) is 7.42. The second kappa shape index (κ2) is 6.80. The van der Waals surface area contributed by atoms with Crippen LogP contribution in [0.1, 0.15) is 17.5 Å². The third-order valence-corrected chi connectivity index (χ3v) is 4.05. The molecule has 5 heteroatoms. The summed E-state index contributed by atoms with van der Waals surface area (Å²) >= 11 is 6.15. The minimum absolute atomic E-state index is 0.303. The van der Waals surface area contributed by atoms with Gasteiger partial charge in [0, 0.05) is 34.9 Å². The Morgan fingerprint density at radius 3 is 2.83 bits per heavy atom. The van der Waals surface area contributed by atoms with Gasteiger partial charge in [0.15, 0.2) is 0 Å². The number of hydrogen-bond donors (Lipinski definition) is 0. The fourth-order valence-corrected chi connectivity index (χ4v) is 2.93. The Morgan fingerprint density at radius 1 is 1.22 bits per heavy atom. The van der Waals surface area contributed by atoms with Crippen LogP contribution >= 0.6 is 11.6 Å². The summed E-state index contributed by atoms with van der Waals surface area (Å²) in [7, 11) is 0. The van der Waals surface area contributed by atoms with E-state index in [4.69, 9.17) is 16.9 Å². The highest BCUT2D eigenvalue weighted by Gasteiger charge is 2.21. The average molecular weight is 328 g/mol. The molecule has 3 nitrogen and oxygen atoms in total. The summed E-state index contributed by atoms with van der Waals surface area (Å²) in [5, 5.41) is 9.43. The number of halogens is 2. The van der Waals surface area contributed by atoms with Gasteiger partial charge in [0.25, 0.3) is 0 Å². The van der Waals surface area contributed by atoms with Crippen molar-refractivity contribution in [1.29, 1.82) is 5.26 Å². The summed E-state index contributed by atoms with van der Waals surface area (Å²) in [6.45, 7) is 1.85. The Kier molecular flexibility index (Phi) is 4.59. The van der Waals surface area contributed by atoms with Crippen molar-refractivity contribution in [3.8, 4) is 6.07 Å². The van der Waals surface area contributed by atoms with Crippen LogP contribution in [0.4, 0.5) is 10.1 Å². The molecule has 0 fully saturated rings. The molecule has 1 aliphatic heterocycles. The summed E-state index contributed by atoms with van der Waals surface area (Å²) in [4.78, 5) is 6.69. The molecule has 3 rings (SSSR count). The van der Waals surface area contributed by atoms with Gasteiger partial charge >= 0.3 is 0 Å². The van der Waals surface area contributed by atoms with Gasteiger partial charge in [-0.1, -0.05) is 23.7 Å². The molecule has 0 spiro atoms. The highest BCUT2D eigenvalue weighted by atomic mass is 35.5. The predicted molar refractivity (Wildman–Crippen MR) is 90.8 cm³/mol. The van der Waals surface area contributed by atoms with Gasteiger partial charge in [-0.3, -0.25) is 4.99 Å². The van der Waals surface area contributed by atoms with E-state index in [2.05, 4.69) is 16.0 Å². The second-order valence-electron chi connectivity index (χ2n) is 5.27. The summed E-state index contributed by atoms with van der Waals surface area (Å²) in [6, 6.07) is 14.3. The highest BCUT2D eigenvalue weighted by Crippen LogP contribution is 2.30. The van der Waals surface area contributed by atoms with Crippen molar-refractivity contribution in [3.05, 3.63) is 64.4 Å². The van der Waals surface area contributed by atoms with Gasteiger partial charge < -0.3 is 4.90 Å². The number of benzodiazepines with no additional fused rings is 1. The largest absolute Gasteiger partial charge is 0.368 e. The van der Waals surface area contributed by atoms with E-state index >= 15 is 0 Å². The average Bonchev–Trinajstić information content (AvgIpc) is 2.72. The quantitative estimate of drug-likeness (QED) is 0.853. The number of nitriles is 1. The van der Waals surface area contributed by atoms with E-state index in [1.807, 2.05) is 18.2 Å². The molecule has 0 aliphatic carbocycles. The lowest BCUT2D eigenvalue weighted by Gasteiger charge is -2.24. The van der Waals surface area contributed by atoms with E-state index in [1.54, 1.807) is 18.2 Å². The molecule has 0 N–H and O–H groups in total. The van der Waals surface area contributed by atoms with Gasteiger partial charge in [-0.25, -0.2) is 4.39 Å². The van der Waals surface area contributed by atoms with E-state index in [-0.39, 0.29) is 5.82 Å². The zero-order chi connectivity index (χ0) is 16.2. The summed E-state index contributed by atoms with van der Waals surface area (Å²) in [6.07, 6.45) is 0.428. The van der Waals surface area contributed by atoms with Crippen molar-refractivity contribution < 1.29 is 4.39 Å². The number of benzene rings is 2. The first-order chi connectivity index (χ1) is 11.2. The maximum atomic E-state index is 14.2. The highest BCUT2D eigenvalue weighted by molar-refractivity contribution is 6.31. The molecule has 0 amide bonds. The van der Waals surface area contributed by atoms with Crippen molar-refractivity contribution >= 4 is 23.0 Å². The Bertz CT molecular complexity index is 795. The Morgan fingerprint density at radius 2 is 2.04 bits per heavy atom. The van der Waals surface area contributed by atoms with Crippen molar-refractivity contribution in [1.82, 2.24) is 0 Å². The van der Waals surface area contributed by atoms with Crippen LogP contribution < -0.4 is 4.90 Å². The maximum Gasteiger partial charge on any atom is 0.132 e. The van der Waals surface area contributed by atoms with Crippen LogP contribution in [-0.2, 0) is 0 Å². The van der Waals surface area contributed by atoms with Gasteiger partial charge in [-0.15, -0.1) is 0 Å². The lowest BCUT2D eigenvalue weighted by molar-refractivity contribution is 0.625. The lowest BCUT2D eigenvalue weighted by Crippen LogP contribution is -2.27. The van der Waals surface area contributed by atoms with Crippen molar-refractivity contribution in [3.63, 3.8) is 0 Å². The van der Waals surface area contributed by atoms with Crippen LogP contribution in [0.5, 0.6) is 0 Å². The molecule has 116 valence electrons. The first-order valence-corrected chi connectivity index (χ1v) is 7.79. The van der Waals surface area contributed by atoms with Crippen molar-refractivity contribution in [2.24, 2.45) is 4.99 Å². The fourth-order valence-electron chi connectivity index (χ4n) is 2.76. The molecule has 2 aromatic carbocycles. The molecule has 1 heterocycles. The van der Waals surface area contributed by atoms with Crippen molar-refractivity contribution in [2.75, 3.05) is 24.5 Å². The topological polar surface area (TPSA) is 39.4 Å². The van der Waals surface area contributed by atoms with Crippen LogP contribution in [0.2, 0.25) is 5.02 Å². The van der Waals surface area contributed by atoms with E-state index in [9.17, 15) is 4.39 Å². The molecule has 1 aliphatic rings. The molecule has 23 heavy (non-hydrogen) atoms.